The van der Waals surface area contributed by atoms with E-state index in [0.717, 1.165) is 11.8 Å². The maximum Gasteiger partial charge on any atom is -0.0352 e. The van der Waals surface area contributed by atoms with Crippen molar-refractivity contribution < 1.29 is 0 Å². The third-order valence-corrected chi connectivity index (χ3v) is 5.28. The summed E-state index contributed by atoms with van der Waals surface area (Å²) in [6, 6.07) is 0. The van der Waals surface area contributed by atoms with Crippen molar-refractivity contribution >= 4 is 0 Å². The zero-order valence-electron chi connectivity index (χ0n) is 12.5. The normalized spacial score (nSPS) is 36.7. The maximum absolute atomic E-state index is 2.48. The first-order chi connectivity index (χ1) is 7.86. The van der Waals surface area contributed by atoms with E-state index in [4.69, 9.17) is 0 Å². The molecule has 0 bridgehead atoms. The molecule has 0 amide bonds. The van der Waals surface area contributed by atoms with Gasteiger partial charge in [0.15, 0.2) is 0 Å². The topological polar surface area (TPSA) is 0 Å². The highest BCUT2D eigenvalue weighted by molar-refractivity contribution is 4.84. The molecule has 0 radical (unpaired) electrons. The van der Waals surface area contributed by atoms with Crippen LogP contribution in [0.4, 0.5) is 0 Å². The van der Waals surface area contributed by atoms with Crippen molar-refractivity contribution in [3.05, 3.63) is 0 Å². The first-order valence-electron chi connectivity index (χ1n) is 7.86. The summed E-state index contributed by atoms with van der Waals surface area (Å²) in [7, 11) is 0. The lowest BCUT2D eigenvalue weighted by molar-refractivity contribution is 0.116. The molecule has 2 atom stereocenters. The van der Waals surface area contributed by atoms with Crippen LogP contribution >= 0.6 is 0 Å². The van der Waals surface area contributed by atoms with Gasteiger partial charge in [-0.25, -0.2) is 0 Å². The van der Waals surface area contributed by atoms with E-state index < -0.39 is 0 Å². The lowest BCUT2D eigenvalue weighted by Crippen LogP contribution is -2.28. The minimum Gasteiger partial charge on any atom is -0.0599 e. The molecule has 0 saturated heterocycles. The zero-order chi connectivity index (χ0) is 12.5. The highest BCUT2D eigenvalue weighted by Gasteiger charge is 2.33. The second-order valence-corrected chi connectivity index (χ2v) is 8.49. The third kappa shape index (κ3) is 4.00. The first-order valence-corrected chi connectivity index (χ1v) is 7.86. The van der Waals surface area contributed by atoms with Gasteiger partial charge in [-0.3, -0.25) is 0 Å². The van der Waals surface area contributed by atoms with Crippen LogP contribution in [0.3, 0.4) is 0 Å². The smallest absolute Gasteiger partial charge is 0.0352 e. The molecule has 17 heavy (non-hydrogen) atoms. The molecule has 2 fully saturated rings. The quantitative estimate of drug-likeness (QED) is 0.567. The Hall–Kier alpha value is 0. The standard InChI is InChI=1S/C17H32/c1-16(2)9-5-7-14(12-16)11-15-8-6-10-17(3,4)13-15/h14-15H,5-13H2,1-4H3. The molecule has 0 aromatic rings. The molecule has 2 aliphatic carbocycles. The van der Waals surface area contributed by atoms with Crippen molar-refractivity contribution in [2.75, 3.05) is 0 Å². The van der Waals surface area contributed by atoms with Crippen LogP contribution < -0.4 is 0 Å². The Morgan fingerprint density at radius 1 is 0.765 bits per heavy atom. The molecular formula is C17H32. The Bertz CT molecular complexity index is 223. The van der Waals surface area contributed by atoms with Crippen LogP contribution in [-0.4, -0.2) is 0 Å². The second-order valence-electron chi connectivity index (χ2n) is 8.49. The molecule has 0 aliphatic heterocycles. The second kappa shape index (κ2) is 4.94. The monoisotopic (exact) mass is 236 g/mol. The Morgan fingerprint density at radius 3 is 1.53 bits per heavy atom. The molecule has 2 unspecified atom stereocenters. The molecule has 0 aromatic carbocycles. The van der Waals surface area contributed by atoms with Crippen molar-refractivity contribution in [1.82, 2.24) is 0 Å². The molecule has 100 valence electrons. The molecule has 0 heteroatoms. The fraction of sp³-hybridized carbons (Fsp3) is 1.00. The number of hydrogen-bond acceptors (Lipinski definition) is 0. The molecule has 2 saturated carbocycles. The Kier molecular flexibility index (Phi) is 3.90. The summed E-state index contributed by atoms with van der Waals surface area (Å²) in [4.78, 5) is 0. The summed E-state index contributed by atoms with van der Waals surface area (Å²) in [6.07, 6.45) is 13.4. The van der Waals surface area contributed by atoms with Crippen LogP contribution in [-0.2, 0) is 0 Å². The molecular weight excluding hydrogens is 204 g/mol. The van der Waals surface area contributed by atoms with Gasteiger partial charge in [0, 0.05) is 0 Å². The van der Waals surface area contributed by atoms with Gasteiger partial charge in [-0.15, -0.1) is 0 Å². The summed E-state index contributed by atoms with van der Waals surface area (Å²) < 4.78 is 0. The third-order valence-electron chi connectivity index (χ3n) is 5.28. The van der Waals surface area contributed by atoms with Crippen LogP contribution in [0.5, 0.6) is 0 Å². The summed E-state index contributed by atoms with van der Waals surface area (Å²) in [5.41, 5.74) is 1.26. The van der Waals surface area contributed by atoms with Crippen molar-refractivity contribution in [2.45, 2.75) is 85.5 Å². The minimum absolute atomic E-state index is 0.632. The summed E-state index contributed by atoms with van der Waals surface area (Å²) >= 11 is 0. The van der Waals surface area contributed by atoms with Crippen LogP contribution in [0.1, 0.15) is 85.5 Å². The van der Waals surface area contributed by atoms with E-state index in [2.05, 4.69) is 27.7 Å². The van der Waals surface area contributed by atoms with Crippen LogP contribution in [0, 0.1) is 22.7 Å². The maximum atomic E-state index is 2.48. The minimum atomic E-state index is 0.632. The largest absolute Gasteiger partial charge is 0.0599 e. The first kappa shape index (κ1) is 13.4. The van der Waals surface area contributed by atoms with E-state index in [-0.39, 0.29) is 0 Å². The van der Waals surface area contributed by atoms with Crippen molar-refractivity contribution in [3.8, 4) is 0 Å². The summed E-state index contributed by atoms with van der Waals surface area (Å²) in [5, 5.41) is 0. The van der Waals surface area contributed by atoms with E-state index in [1.807, 2.05) is 0 Å². The Labute approximate surface area is 109 Å². The van der Waals surface area contributed by atoms with Gasteiger partial charge in [0.05, 0.1) is 0 Å². The van der Waals surface area contributed by atoms with Gasteiger partial charge in [0.1, 0.15) is 0 Å². The van der Waals surface area contributed by atoms with Gasteiger partial charge in [-0.1, -0.05) is 53.4 Å². The highest BCUT2D eigenvalue weighted by atomic mass is 14.4. The van der Waals surface area contributed by atoms with Gasteiger partial charge >= 0.3 is 0 Å². The average Bonchev–Trinajstić information content (AvgIpc) is 2.13. The Balaban J connectivity index is 1.84. The van der Waals surface area contributed by atoms with Gasteiger partial charge in [0.25, 0.3) is 0 Å². The molecule has 0 heterocycles. The van der Waals surface area contributed by atoms with Gasteiger partial charge in [-0.2, -0.15) is 0 Å². The number of rotatable bonds is 2. The molecule has 0 N–H and O–H groups in total. The predicted octanol–water partition coefficient (Wildman–Crippen LogP) is 5.81. The van der Waals surface area contributed by atoms with E-state index in [1.54, 1.807) is 0 Å². The molecule has 0 aromatic heterocycles. The van der Waals surface area contributed by atoms with Gasteiger partial charge in [0.2, 0.25) is 0 Å². The van der Waals surface area contributed by atoms with Crippen molar-refractivity contribution in [2.24, 2.45) is 22.7 Å². The van der Waals surface area contributed by atoms with Crippen molar-refractivity contribution in [3.63, 3.8) is 0 Å². The lowest BCUT2D eigenvalue weighted by atomic mass is 9.65. The predicted molar refractivity (Wildman–Crippen MR) is 76.1 cm³/mol. The van der Waals surface area contributed by atoms with E-state index in [0.29, 0.717) is 10.8 Å². The zero-order valence-corrected chi connectivity index (χ0v) is 12.5. The summed E-state index contributed by atoms with van der Waals surface area (Å²) in [5.74, 6) is 2.08. The fourth-order valence-corrected chi connectivity index (χ4v) is 4.58. The van der Waals surface area contributed by atoms with Crippen LogP contribution in [0.2, 0.25) is 0 Å². The summed E-state index contributed by atoms with van der Waals surface area (Å²) in [6.45, 7) is 9.90. The number of hydrogen-bond donors (Lipinski definition) is 0. The van der Waals surface area contributed by atoms with Crippen LogP contribution in [0.15, 0.2) is 0 Å². The van der Waals surface area contributed by atoms with Gasteiger partial charge < -0.3 is 0 Å². The lowest BCUT2D eigenvalue weighted by Gasteiger charge is -2.40. The SMILES string of the molecule is CC1(C)CCCC(CC2CCCC(C)(C)C2)C1. The van der Waals surface area contributed by atoms with E-state index in [1.165, 1.54) is 57.8 Å². The molecule has 2 rings (SSSR count). The Morgan fingerprint density at radius 2 is 1.18 bits per heavy atom. The van der Waals surface area contributed by atoms with Gasteiger partial charge in [-0.05, 0) is 54.8 Å². The molecule has 2 aliphatic rings. The highest BCUT2D eigenvalue weighted by Crippen LogP contribution is 2.45. The van der Waals surface area contributed by atoms with E-state index in [9.17, 15) is 0 Å². The van der Waals surface area contributed by atoms with E-state index >= 15 is 0 Å². The molecule has 0 nitrogen and oxygen atoms in total. The average molecular weight is 236 g/mol. The van der Waals surface area contributed by atoms with Crippen LogP contribution in [0.25, 0.3) is 0 Å². The molecule has 0 spiro atoms. The fourth-order valence-electron chi connectivity index (χ4n) is 4.58. The van der Waals surface area contributed by atoms with Crippen molar-refractivity contribution in [1.29, 1.82) is 0 Å².